The van der Waals surface area contributed by atoms with Crippen LogP contribution in [-0.2, 0) is 52.7 Å². The fraction of sp³-hybridized carbons (Fsp3) is 0.676. The van der Waals surface area contributed by atoms with Crippen LogP contribution < -0.4 is 59.3 Å². The number of amides is 10. The number of carbonyl (C=O) groups excluding carboxylic acids is 10. The lowest BCUT2D eigenvalue weighted by Gasteiger charge is -2.27. The number of carboxylic acids is 1. The number of aliphatic hydroxyl groups is 2. The summed E-state index contributed by atoms with van der Waals surface area (Å²) in [5, 5.41) is 49.9. The molecule has 0 aromatic carbocycles. The number of nitrogens with two attached hydrogens (primary N) is 2. The van der Waals surface area contributed by atoms with E-state index in [1.165, 1.54) is 34.6 Å². The van der Waals surface area contributed by atoms with Crippen LogP contribution in [0.1, 0.15) is 54.4 Å². The predicted octanol–water partition coefficient (Wildman–Crippen LogP) is -7.34. The van der Waals surface area contributed by atoms with E-state index in [9.17, 15) is 63.0 Å². The molecule has 0 saturated carbocycles. The van der Waals surface area contributed by atoms with Gasteiger partial charge in [-0.15, -0.1) is 0 Å². The van der Waals surface area contributed by atoms with Gasteiger partial charge in [-0.25, -0.2) is 0 Å². The Morgan fingerprint density at radius 3 is 1.10 bits per heavy atom. The van der Waals surface area contributed by atoms with Gasteiger partial charge in [0.2, 0.25) is 59.1 Å². The molecule has 0 aromatic heterocycles. The van der Waals surface area contributed by atoms with Crippen molar-refractivity contribution in [3.05, 3.63) is 0 Å². The van der Waals surface area contributed by atoms with Gasteiger partial charge in [-0.2, -0.15) is 37.9 Å². The van der Waals surface area contributed by atoms with Crippen molar-refractivity contribution in [3.8, 4) is 0 Å². The minimum atomic E-state index is -1.70. The Morgan fingerprint density at radius 2 is 0.758 bits per heavy atom. The SMILES string of the molecule is C[C@H](N)C(=O)N[C@H](C(=O)N[C@@H](CCC(N)=O)C(=O)N[C@@H](CS)C(=O)N[C@@H](CS)C(=O)N[C@@H](C)C(=O)N[C@H](C(=O)N[C@@H](CS)C(=O)N[C@@H](C)C(=O)N[C@@H](C)C(=O)O)[C@@H](C)O)[C@@H](C)O. The van der Waals surface area contributed by atoms with Gasteiger partial charge in [-0.05, 0) is 48.0 Å². The Labute approximate surface area is 373 Å². The monoisotopic (exact) mass is 941 g/mol. The molecular formula is C34H59N11O14S3. The zero-order valence-electron chi connectivity index (χ0n) is 34.8. The largest absolute Gasteiger partial charge is 0.480 e. The summed E-state index contributed by atoms with van der Waals surface area (Å²) in [4.78, 5) is 139. The molecule has 0 spiro atoms. The van der Waals surface area contributed by atoms with Crippen LogP contribution in [0.25, 0.3) is 0 Å². The Balaban J connectivity index is 5.73. The summed E-state index contributed by atoms with van der Waals surface area (Å²) in [5.41, 5.74) is 10.7. The van der Waals surface area contributed by atoms with E-state index in [4.69, 9.17) is 16.6 Å². The fourth-order valence-corrected chi connectivity index (χ4v) is 5.51. The number of carboxylic acid groups (broad SMARTS) is 1. The number of nitrogens with one attached hydrogen (secondary N) is 9. The van der Waals surface area contributed by atoms with E-state index in [-0.39, 0.29) is 23.7 Å². The topological polar surface area (TPSA) is 409 Å². The minimum absolute atomic E-state index is 0.314. The van der Waals surface area contributed by atoms with Crippen LogP contribution in [0.2, 0.25) is 0 Å². The van der Waals surface area contributed by atoms with E-state index < -0.39 is 144 Å². The highest BCUT2D eigenvalue weighted by molar-refractivity contribution is 7.80. The highest BCUT2D eigenvalue weighted by Gasteiger charge is 2.35. The lowest BCUT2D eigenvalue weighted by Crippen LogP contribution is -2.62. The van der Waals surface area contributed by atoms with E-state index in [1.807, 2.05) is 0 Å². The van der Waals surface area contributed by atoms with Crippen molar-refractivity contribution in [2.24, 2.45) is 11.5 Å². The standard InChI is InChI=1S/C34H59N11O14S3/c1-12(35)25(49)44-23(16(5)46)32(56)40-18(7-8-22(36)48)28(52)41-21(11-62)31(55)42-19(9-60)29(53)38-14(3)27(51)45-24(17(6)47)33(57)43-20(10-61)30(54)37-13(2)26(50)39-15(4)34(58)59/h12-21,23-24,46-47,60-62H,7-11,35H2,1-6H3,(H2,36,48)(H,37,54)(H,38,53)(H,39,50)(H,40,56)(H,41,52)(H,42,55)(H,43,57)(H,44,49)(H,45,51)(H,58,59)/t12-,13-,14-,15-,16+,17+,18-,19-,20-,21-,23-,24-/m0/s1. The summed E-state index contributed by atoms with van der Waals surface area (Å²) in [5.74, 6) is -11.8. The summed E-state index contributed by atoms with van der Waals surface area (Å²) in [6, 6.07) is -14.1. The molecule has 0 fully saturated rings. The molecule has 16 N–H and O–H groups in total. The molecule has 0 heterocycles. The molecule has 352 valence electrons. The Kier molecular flexibility index (Phi) is 25.7. The van der Waals surface area contributed by atoms with Crippen LogP contribution in [0.5, 0.6) is 0 Å². The molecule has 62 heavy (non-hydrogen) atoms. The predicted molar refractivity (Wildman–Crippen MR) is 229 cm³/mol. The van der Waals surface area contributed by atoms with Gasteiger partial charge < -0.3 is 74.6 Å². The number of hydrogen-bond acceptors (Lipinski definition) is 17. The molecule has 12 atom stereocenters. The first-order valence-corrected chi connectivity index (χ1v) is 20.8. The molecule has 0 aliphatic carbocycles. The second-order valence-corrected chi connectivity index (χ2v) is 15.2. The smallest absolute Gasteiger partial charge is 0.325 e. The third-order valence-electron chi connectivity index (χ3n) is 8.53. The van der Waals surface area contributed by atoms with E-state index in [1.54, 1.807) is 0 Å². The second kappa shape index (κ2) is 27.9. The van der Waals surface area contributed by atoms with Gasteiger partial charge in [0.25, 0.3) is 0 Å². The van der Waals surface area contributed by atoms with Crippen LogP contribution in [-0.4, -0.2) is 170 Å². The van der Waals surface area contributed by atoms with Crippen LogP contribution in [0.4, 0.5) is 0 Å². The molecule has 0 saturated heterocycles. The lowest BCUT2D eigenvalue weighted by atomic mass is 10.1. The maximum Gasteiger partial charge on any atom is 0.325 e. The second-order valence-electron chi connectivity index (χ2n) is 14.1. The van der Waals surface area contributed by atoms with Crippen molar-refractivity contribution in [2.45, 2.75) is 127 Å². The van der Waals surface area contributed by atoms with Crippen molar-refractivity contribution in [3.63, 3.8) is 0 Å². The van der Waals surface area contributed by atoms with E-state index in [2.05, 4.69) is 85.7 Å². The Hall–Kier alpha value is -4.90. The van der Waals surface area contributed by atoms with Crippen molar-refractivity contribution in [2.75, 3.05) is 17.3 Å². The number of aliphatic hydroxyl groups excluding tert-OH is 2. The third-order valence-corrected chi connectivity index (χ3v) is 9.63. The van der Waals surface area contributed by atoms with Crippen LogP contribution in [0.15, 0.2) is 0 Å². The quantitative estimate of drug-likeness (QED) is 0.0340. The van der Waals surface area contributed by atoms with Gasteiger partial charge >= 0.3 is 5.97 Å². The molecule has 0 rings (SSSR count). The Bertz CT molecular complexity index is 1640. The molecule has 25 nitrogen and oxygen atoms in total. The van der Waals surface area contributed by atoms with Gasteiger partial charge in [0.05, 0.1) is 18.2 Å². The maximum absolute atomic E-state index is 13.3. The normalized spacial score (nSPS) is 16.8. The van der Waals surface area contributed by atoms with Crippen molar-refractivity contribution >= 4 is 103 Å². The van der Waals surface area contributed by atoms with Gasteiger partial charge in [-0.1, -0.05) is 0 Å². The van der Waals surface area contributed by atoms with E-state index in [0.29, 0.717) is 0 Å². The summed E-state index contributed by atoms with van der Waals surface area (Å²) in [7, 11) is 0. The maximum atomic E-state index is 13.3. The number of rotatable bonds is 27. The first-order valence-electron chi connectivity index (χ1n) is 18.9. The van der Waals surface area contributed by atoms with Crippen LogP contribution >= 0.6 is 37.9 Å². The van der Waals surface area contributed by atoms with Gasteiger partial charge in [0.15, 0.2) is 0 Å². The van der Waals surface area contributed by atoms with Gasteiger partial charge in [-0.3, -0.25) is 52.7 Å². The molecule has 0 aliphatic rings. The summed E-state index contributed by atoms with van der Waals surface area (Å²) in [6.07, 6.45) is -3.81. The molecule has 0 radical (unpaired) electrons. The molecule has 0 unspecified atom stereocenters. The van der Waals surface area contributed by atoms with E-state index in [0.717, 1.165) is 6.92 Å². The van der Waals surface area contributed by atoms with Crippen molar-refractivity contribution in [1.29, 1.82) is 0 Å². The Morgan fingerprint density at radius 1 is 0.452 bits per heavy atom. The zero-order valence-corrected chi connectivity index (χ0v) is 37.5. The van der Waals surface area contributed by atoms with Crippen LogP contribution in [0, 0.1) is 0 Å². The summed E-state index contributed by atoms with van der Waals surface area (Å²) < 4.78 is 0. The third kappa shape index (κ3) is 19.9. The molecule has 0 aliphatic heterocycles. The van der Waals surface area contributed by atoms with Crippen molar-refractivity contribution in [1.82, 2.24) is 47.9 Å². The fourth-order valence-electron chi connectivity index (χ4n) is 4.74. The number of hydrogen-bond donors (Lipinski definition) is 17. The van der Waals surface area contributed by atoms with Crippen molar-refractivity contribution < 1.29 is 68.1 Å². The van der Waals surface area contributed by atoms with Gasteiger partial charge in [0, 0.05) is 23.7 Å². The lowest BCUT2D eigenvalue weighted by molar-refractivity contribution is -0.141. The molecule has 0 aromatic rings. The van der Waals surface area contributed by atoms with Crippen LogP contribution in [0.3, 0.4) is 0 Å². The molecular weight excluding hydrogens is 883 g/mol. The summed E-state index contributed by atoms with van der Waals surface area (Å²) >= 11 is 12.2. The average molecular weight is 942 g/mol. The highest BCUT2D eigenvalue weighted by Crippen LogP contribution is 2.05. The molecule has 10 amide bonds. The number of carbonyl (C=O) groups is 11. The zero-order chi connectivity index (χ0) is 48.2. The first kappa shape index (κ1) is 57.1. The number of aliphatic carboxylic acids is 1. The highest BCUT2D eigenvalue weighted by atomic mass is 32.1. The van der Waals surface area contributed by atoms with Gasteiger partial charge in [0.1, 0.15) is 54.4 Å². The minimum Gasteiger partial charge on any atom is -0.480 e. The molecule has 0 bridgehead atoms. The van der Waals surface area contributed by atoms with E-state index >= 15 is 0 Å². The number of primary amides is 1. The molecule has 28 heteroatoms. The first-order chi connectivity index (χ1) is 28.7. The average Bonchev–Trinajstić information content (AvgIpc) is 3.18. The summed E-state index contributed by atoms with van der Waals surface area (Å²) in [6.45, 7) is 7.32. The number of thiol groups is 3.